The highest BCUT2D eigenvalue weighted by molar-refractivity contribution is 9.10. The van der Waals surface area contributed by atoms with Gasteiger partial charge in [-0.25, -0.2) is 0 Å². The van der Waals surface area contributed by atoms with E-state index in [2.05, 4.69) is 15.9 Å². The molecule has 0 aliphatic heterocycles. The molecule has 0 amide bonds. The van der Waals surface area contributed by atoms with Crippen molar-refractivity contribution in [2.45, 2.75) is 6.61 Å². The standard InChI is InChI=1S/C13H12BBrO3/c15-12-8-4-7-11(14(16)17)13(12)18-9-10-5-2-1-3-6-10/h1-8,16-17H,9H2. The molecule has 2 aromatic carbocycles. The molecule has 0 bridgehead atoms. The van der Waals surface area contributed by atoms with E-state index in [1.165, 1.54) is 0 Å². The van der Waals surface area contributed by atoms with Crippen molar-refractivity contribution in [2.24, 2.45) is 0 Å². The molecule has 0 aromatic heterocycles. The minimum Gasteiger partial charge on any atom is -0.488 e. The van der Waals surface area contributed by atoms with Gasteiger partial charge in [0.1, 0.15) is 12.4 Å². The summed E-state index contributed by atoms with van der Waals surface area (Å²) in [5, 5.41) is 18.6. The Balaban J connectivity index is 2.19. The Morgan fingerprint density at radius 2 is 1.72 bits per heavy atom. The summed E-state index contributed by atoms with van der Waals surface area (Å²) in [6, 6.07) is 14.8. The van der Waals surface area contributed by atoms with Crippen LogP contribution in [-0.4, -0.2) is 17.2 Å². The van der Waals surface area contributed by atoms with Crippen LogP contribution in [0.15, 0.2) is 53.0 Å². The maximum Gasteiger partial charge on any atom is 0.492 e. The second-order valence-corrected chi connectivity index (χ2v) is 4.66. The average Bonchev–Trinajstić information content (AvgIpc) is 2.38. The van der Waals surface area contributed by atoms with Crippen molar-refractivity contribution in [1.29, 1.82) is 0 Å². The minimum absolute atomic E-state index is 0.348. The Labute approximate surface area is 114 Å². The van der Waals surface area contributed by atoms with Gasteiger partial charge in [-0.2, -0.15) is 0 Å². The molecule has 0 aliphatic carbocycles. The molecule has 2 aromatic rings. The molecule has 0 spiro atoms. The third-order valence-corrected chi connectivity index (χ3v) is 3.13. The van der Waals surface area contributed by atoms with E-state index in [4.69, 9.17) is 4.74 Å². The highest BCUT2D eigenvalue weighted by Gasteiger charge is 2.19. The van der Waals surface area contributed by atoms with Crippen LogP contribution in [0.4, 0.5) is 0 Å². The van der Waals surface area contributed by atoms with Gasteiger partial charge in [-0.05, 0) is 27.6 Å². The summed E-state index contributed by atoms with van der Waals surface area (Å²) < 4.78 is 6.35. The van der Waals surface area contributed by atoms with Crippen LogP contribution < -0.4 is 10.2 Å². The lowest BCUT2D eigenvalue weighted by molar-refractivity contribution is 0.305. The molecular weight excluding hydrogens is 295 g/mol. The monoisotopic (exact) mass is 306 g/mol. The first-order valence-corrected chi connectivity index (χ1v) is 6.29. The summed E-state index contributed by atoms with van der Waals surface area (Å²) >= 11 is 3.34. The molecule has 18 heavy (non-hydrogen) atoms. The van der Waals surface area contributed by atoms with Crippen molar-refractivity contribution in [3.63, 3.8) is 0 Å². The number of hydrogen-bond acceptors (Lipinski definition) is 3. The predicted molar refractivity (Wildman–Crippen MR) is 74.7 cm³/mol. The smallest absolute Gasteiger partial charge is 0.488 e. The lowest BCUT2D eigenvalue weighted by atomic mass is 9.79. The van der Waals surface area contributed by atoms with Crippen molar-refractivity contribution < 1.29 is 14.8 Å². The summed E-state index contributed by atoms with van der Waals surface area (Å²) in [6.45, 7) is 0.378. The number of ether oxygens (including phenoxy) is 1. The summed E-state index contributed by atoms with van der Waals surface area (Å²) in [6.07, 6.45) is 0. The molecular formula is C13H12BBrO3. The number of hydrogen-bond donors (Lipinski definition) is 2. The van der Waals surface area contributed by atoms with Gasteiger partial charge in [-0.3, -0.25) is 0 Å². The Hall–Kier alpha value is -1.30. The van der Waals surface area contributed by atoms with Gasteiger partial charge in [0, 0.05) is 5.46 Å². The van der Waals surface area contributed by atoms with E-state index in [0.29, 0.717) is 22.3 Å². The first kappa shape index (κ1) is 13.1. The molecule has 0 unspecified atom stereocenters. The highest BCUT2D eigenvalue weighted by atomic mass is 79.9. The molecule has 0 radical (unpaired) electrons. The van der Waals surface area contributed by atoms with Crippen LogP contribution in [0.2, 0.25) is 0 Å². The van der Waals surface area contributed by atoms with E-state index in [-0.39, 0.29) is 0 Å². The van der Waals surface area contributed by atoms with Crippen LogP contribution in [0, 0.1) is 0 Å². The molecule has 0 fully saturated rings. The van der Waals surface area contributed by atoms with Gasteiger partial charge in [0.15, 0.2) is 0 Å². The molecule has 92 valence electrons. The minimum atomic E-state index is -1.55. The maximum absolute atomic E-state index is 9.28. The third kappa shape index (κ3) is 3.13. The van der Waals surface area contributed by atoms with Crippen molar-refractivity contribution in [2.75, 3.05) is 0 Å². The molecule has 3 nitrogen and oxygen atoms in total. The van der Waals surface area contributed by atoms with Crippen LogP contribution in [0.3, 0.4) is 0 Å². The van der Waals surface area contributed by atoms with E-state index in [1.807, 2.05) is 30.3 Å². The Morgan fingerprint density at radius 1 is 1.00 bits per heavy atom. The first-order chi connectivity index (χ1) is 8.68. The van der Waals surface area contributed by atoms with Crippen molar-refractivity contribution >= 4 is 28.5 Å². The topological polar surface area (TPSA) is 49.7 Å². The van der Waals surface area contributed by atoms with E-state index >= 15 is 0 Å². The molecule has 0 saturated carbocycles. The summed E-state index contributed by atoms with van der Waals surface area (Å²) in [5.74, 6) is 0.455. The van der Waals surface area contributed by atoms with Gasteiger partial charge in [-0.1, -0.05) is 42.5 Å². The number of rotatable bonds is 4. The third-order valence-electron chi connectivity index (χ3n) is 2.50. The van der Waals surface area contributed by atoms with E-state index in [9.17, 15) is 10.0 Å². The fourth-order valence-electron chi connectivity index (χ4n) is 1.61. The molecule has 0 saturated heterocycles. The first-order valence-electron chi connectivity index (χ1n) is 5.50. The second kappa shape index (κ2) is 6.04. The van der Waals surface area contributed by atoms with Crippen molar-refractivity contribution in [3.05, 3.63) is 58.6 Å². The molecule has 0 aliphatic rings. The Bertz CT molecular complexity index is 517. The summed E-state index contributed by atoms with van der Waals surface area (Å²) in [4.78, 5) is 0. The fourth-order valence-corrected chi connectivity index (χ4v) is 2.11. The van der Waals surface area contributed by atoms with Gasteiger partial charge in [0.05, 0.1) is 4.47 Å². The zero-order chi connectivity index (χ0) is 13.0. The van der Waals surface area contributed by atoms with Crippen LogP contribution in [0.1, 0.15) is 5.56 Å². The molecule has 0 heterocycles. The van der Waals surface area contributed by atoms with Crippen LogP contribution in [0.5, 0.6) is 5.75 Å². The Morgan fingerprint density at radius 3 is 2.39 bits per heavy atom. The SMILES string of the molecule is OB(O)c1cccc(Br)c1OCc1ccccc1. The van der Waals surface area contributed by atoms with Gasteiger partial charge in [0.2, 0.25) is 0 Å². The zero-order valence-corrected chi connectivity index (χ0v) is 11.2. The van der Waals surface area contributed by atoms with Gasteiger partial charge in [-0.15, -0.1) is 0 Å². The van der Waals surface area contributed by atoms with Gasteiger partial charge >= 0.3 is 7.12 Å². The summed E-state index contributed by atoms with van der Waals surface area (Å²) in [7, 11) is -1.55. The second-order valence-electron chi connectivity index (χ2n) is 3.81. The van der Waals surface area contributed by atoms with Crippen molar-refractivity contribution in [1.82, 2.24) is 0 Å². The van der Waals surface area contributed by atoms with E-state index in [1.54, 1.807) is 18.2 Å². The number of halogens is 1. The molecule has 5 heteroatoms. The largest absolute Gasteiger partial charge is 0.492 e. The maximum atomic E-state index is 9.28. The predicted octanol–water partition coefficient (Wildman–Crippen LogP) is 1.71. The zero-order valence-electron chi connectivity index (χ0n) is 9.58. The van der Waals surface area contributed by atoms with E-state index < -0.39 is 7.12 Å². The normalized spacial score (nSPS) is 10.2. The van der Waals surface area contributed by atoms with Crippen LogP contribution in [0.25, 0.3) is 0 Å². The van der Waals surface area contributed by atoms with Gasteiger partial charge < -0.3 is 14.8 Å². The number of benzene rings is 2. The van der Waals surface area contributed by atoms with Crippen LogP contribution >= 0.6 is 15.9 Å². The summed E-state index contributed by atoms with van der Waals surface area (Å²) in [5.41, 5.74) is 1.37. The van der Waals surface area contributed by atoms with Crippen molar-refractivity contribution in [3.8, 4) is 5.75 Å². The van der Waals surface area contributed by atoms with Gasteiger partial charge in [0.25, 0.3) is 0 Å². The lowest BCUT2D eigenvalue weighted by Crippen LogP contribution is -2.31. The molecule has 0 atom stereocenters. The molecule has 2 rings (SSSR count). The quantitative estimate of drug-likeness (QED) is 0.846. The lowest BCUT2D eigenvalue weighted by Gasteiger charge is -2.12. The Kier molecular flexibility index (Phi) is 4.41. The molecule has 2 N–H and O–H groups in total. The van der Waals surface area contributed by atoms with E-state index in [0.717, 1.165) is 5.56 Å². The van der Waals surface area contributed by atoms with Crippen LogP contribution in [-0.2, 0) is 6.61 Å². The number of para-hydroxylation sites is 1. The highest BCUT2D eigenvalue weighted by Crippen LogP contribution is 2.23. The fraction of sp³-hybridized carbons (Fsp3) is 0.0769. The average molecular weight is 307 g/mol.